The van der Waals surface area contributed by atoms with Crippen LogP contribution in [0.15, 0.2) is 54.9 Å². The molecule has 1 fully saturated rings. The SMILES string of the molecule is O=C(NCCN1CCC(CCc2ccccc2)CC1)c1cccnc1. The van der Waals surface area contributed by atoms with Gasteiger partial charge in [0.25, 0.3) is 5.91 Å². The van der Waals surface area contributed by atoms with Gasteiger partial charge in [0.05, 0.1) is 5.56 Å². The Morgan fingerprint density at radius 2 is 1.92 bits per heavy atom. The second kappa shape index (κ2) is 9.33. The lowest BCUT2D eigenvalue weighted by Gasteiger charge is -2.32. The molecular formula is C21H27N3O. The van der Waals surface area contributed by atoms with Crippen LogP contribution < -0.4 is 5.32 Å². The number of hydrogen-bond donors (Lipinski definition) is 1. The third-order valence-corrected chi connectivity index (χ3v) is 5.03. The van der Waals surface area contributed by atoms with E-state index in [1.54, 1.807) is 24.5 Å². The van der Waals surface area contributed by atoms with Gasteiger partial charge in [-0.25, -0.2) is 0 Å². The second-order valence-corrected chi connectivity index (χ2v) is 6.81. The maximum absolute atomic E-state index is 12.0. The van der Waals surface area contributed by atoms with Crippen LogP contribution in [-0.4, -0.2) is 42.0 Å². The standard InChI is InChI=1S/C21H27N3O/c25-21(20-7-4-12-22-17-20)23-13-16-24-14-10-19(11-15-24)9-8-18-5-2-1-3-6-18/h1-7,12,17,19H,8-11,13-16H2,(H,23,25). The van der Waals surface area contributed by atoms with Crippen LogP contribution in [0.4, 0.5) is 0 Å². The number of nitrogens with zero attached hydrogens (tertiary/aromatic N) is 2. The first-order valence-electron chi connectivity index (χ1n) is 9.26. The van der Waals surface area contributed by atoms with Crippen molar-refractivity contribution >= 4 is 5.91 Å². The first kappa shape index (κ1) is 17.6. The Morgan fingerprint density at radius 3 is 2.64 bits per heavy atom. The smallest absolute Gasteiger partial charge is 0.252 e. The fourth-order valence-corrected chi connectivity index (χ4v) is 3.44. The Kier molecular flexibility index (Phi) is 6.57. The van der Waals surface area contributed by atoms with E-state index in [4.69, 9.17) is 0 Å². The molecule has 0 saturated carbocycles. The number of piperidine rings is 1. The highest BCUT2D eigenvalue weighted by Crippen LogP contribution is 2.22. The Hall–Kier alpha value is -2.20. The highest BCUT2D eigenvalue weighted by Gasteiger charge is 2.18. The molecule has 0 spiro atoms. The number of likely N-dealkylation sites (tertiary alicyclic amines) is 1. The molecule has 1 aromatic heterocycles. The number of hydrogen-bond acceptors (Lipinski definition) is 3. The van der Waals surface area contributed by atoms with E-state index >= 15 is 0 Å². The van der Waals surface area contributed by atoms with E-state index in [-0.39, 0.29) is 5.91 Å². The molecule has 2 heterocycles. The summed E-state index contributed by atoms with van der Waals surface area (Å²) >= 11 is 0. The lowest BCUT2D eigenvalue weighted by Crippen LogP contribution is -2.39. The molecule has 1 amide bonds. The molecule has 4 heteroatoms. The Morgan fingerprint density at radius 1 is 1.12 bits per heavy atom. The van der Waals surface area contributed by atoms with E-state index in [1.165, 1.54) is 31.2 Å². The summed E-state index contributed by atoms with van der Waals surface area (Å²) in [6.07, 6.45) is 8.29. The molecule has 25 heavy (non-hydrogen) atoms. The van der Waals surface area contributed by atoms with Crippen LogP contribution in [0.1, 0.15) is 35.2 Å². The van der Waals surface area contributed by atoms with Gasteiger partial charge in [-0.1, -0.05) is 30.3 Å². The first-order chi connectivity index (χ1) is 12.3. The minimum atomic E-state index is -0.0363. The van der Waals surface area contributed by atoms with E-state index in [0.717, 1.165) is 25.6 Å². The molecule has 0 unspecified atom stereocenters. The minimum absolute atomic E-state index is 0.0363. The highest BCUT2D eigenvalue weighted by atomic mass is 16.1. The second-order valence-electron chi connectivity index (χ2n) is 6.81. The van der Waals surface area contributed by atoms with Gasteiger partial charge in [-0.3, -0.25) is 9.78 Å². The van der Waals surface area contributed by atoms with Gasteiger partial charge >= 0.3 is 0 Å². The summed E-state index contributed by atoms with van der Waals surface area (Å²) in [7, 11) is 0. The summed E-state index contributed by atoms with van der Waals surface area (Å²) in [5, 5.41) is 2.98. The zero-order chi connectivity index (χ0) is 17.3. The van der Waals surface area contributed by atoms with Crippen LogP contribution in [0, 0.1) is 5.92 Å². The molecule has 1 N–H and O–H groups in total. The number of carbonyl (C=O) groups is 1. The Bertz CT molecular complexity index is 637. The van der Waals surface area contributed by atoms with Gasteiger partial charge in [-0.15, -0.1) is 0 Å². The van der Waals surface area contributed by atoms with Crippen molar-refractivity contribution in [2.24, 2.45) is 5.92 Å². The normalized spacial score (nSPS) is 15.8. The van der Waals surface area contributed by atoms with Crippen LogP contribution in [0.5, 0.6) is 0 Å². The zero-order valence-corrected chi connectivity index (χ0v) is 14.7. The van der Waals surface area contributed by atoms with Crippen LogP contribution in [0.3, 0.4) is 0 Å². The van der Waals surface area contributed by atoms with Gasteiger partial charge < -0.3 is 10.2 Å². The summed E-state index contributed by atoms with van der Waals surface area (Å²) in [5.41, 5.74) is 2.07. The van der Waals surface area contributed by atoms with E-state index in [9.17, 15) is 4.79 Å². The first-order valence-corrected chi connectivity index (χ1v) is 9.26. The van der Waals surface area contributed by atoms with Crippen LogP contribution in [0.2, 0.25) is 0 Å². The summed E-state index contributed by atoms with van der Waals surface area (Å²) in [5.74, 6) is 0.798. The molecule has 0 aliphatic carbocycles. The molecule has 1 aliphatic heterocycles. The average molecular weight is 337 g/mol. The van der Waals surface area contributed by atoms with E-state index < -0.39 is 0 Å². The summed E-state index contributed by atoms with van der Waals surface area (Å²) in [6, 6.07) is 14.3. The maximum atomic E-state index is 12.0. The molecule has 2 aromatic rings. The molecule has 1 aromatic carbocycles. The van der Waals surface area contributed by atoms with Gasteiger partial charge in [0, 0.05) is 25.5 Å². The molecule has 0 bridgehead atoms. The van der Waals surface area contributed by atoms with Crippen molar-refractivity contribution in [3.63, 3.8) is 0 Å². The van der Waals surface area contributed by atoms with Gasteiger partial charge in [0.15, 0.2) is 0 Å². The quantitative estimate of drug-likeness (QED) is 0.844. The van der Waals surface area contributed by atoms with Gasteiger partial charge in [-0.05, 0) is 62.4 Å². The topological polar surface area (TPSA) is 45.2 Å². The Labute approximate surface area is 150 Å². The number of amides is 1. The minimum Gasteiger partial charge on any atom is -0.351 e. The largest absolute Gasteiger partial charge is 0.351 e. The Balaban J connectivity index is 1.31. The fourth-order valence-electron chi connectivity index (χ4n) is 3.44. The van der Waals surface area contributed by atoms with Crippen molar-refractivity contribution in [1.29, 1.82) is 0 Å². The summed E-state index contributed by atoms with van der Waals surface area (Å²) in [4.78, 5) is 18.4. The average Bonchev–Trinajstić information content (AvgIpc) is 2.69. The summed E-state index contributed by atoms with van der Waals surface area (Å²) < 4.78 is 0. The zero-order valence-electron chi connectivity index (χ0n) is 14.7. The third-order valence-electron chi connectivity index (χ3n) is 5.03. The molecule has 1 aliphatic rings. The maximum Gasteiger partial charge on any atom is 0.252 e. The monoisotopic (exact) mass is 337 g/mol. The van der Waals surface area contributed by atoms with E-state index in [0.29, 0.717) is 12.1 Å². The van der Waals surface area contributed by atoms with E-state index in [2.05, 4.69) is 45.5 Å². The molecule has 132 valence electrons. The van der Waals surface area contributed by atoms with Crippen LogP contribution in [0.25, 0.3) is 0 Å². The van der Waals surface area contributed by atoms with Gasteiger partial charge in [0.1, 0.15) is 0 Å². The number of pyridine rings is 1. The number of aromatic nitrogens is 1. The van der Waals surface area contributed by atoms with Crippen LogP contribution >= 0.6 is 0 Å². The van der Waals surface area contributed by atoms with Gasteiger partial charge in [-0.2, -0.15) is 0 Å². The number of nitrogens with one attached hydrogen (secondary N) is 1. The molecule has 0 atom stereocenters. The predicted octanol–water partition coefficient (Wildman–Crippen LogP) is 3.16. The van der Waals surface area contributed by atoms with Crippen molar-refractivity contribution in [3.8, 4) is 0 Å². The molecule has 1 saturated heterocycles. The predicted molar refractivity (Wildman–Crippen MR) is 100 cm³/mol. The molecule has 0 radical (unpaired) electrons. The lowest BCUT2D eigenvalue weighted by atomic mass is 9.90. The highest BCUT2D eigenvalue weighted by molar-refractivity contribution is 5.93. The molecular weight excluding hydrogens is 310 g/mol. The third kappa shape index (κ3) is 5.68. The van der Waals surface area contributed by atoms with Crippen molar-refractivity contribution in [1.82, 2.24) is 15.2 Å². The molecule has 4 nitrogen and oxygen atoms in total. The van der Waals surface area contributed by atoms with Crippen molar-refractivity contribution < 1.29 is 4.79 Å². The van der Waals surface area contributed by atoms with Crippen molar-refractivity contribution in [2.45, 2.75) is 25.7 Å². The van der Waals surface area contributed by atoms with E-state index in [1.807, 2.05) is 0 Å². The van der Waals surface area contributed by atoms with Crippen molar-refractivity contribution in [2.75, 3.05) is 26.2 Å². The number of aryl methyl sites for hydroxylation is 1. The molecule has 3 rings (SSSR count). The van der Waals surface area contributed by atoms with Crippen LogP contribution in [-0.2, 0) is 6.42 Å². The number of rotatable bonds is 7. The summed E-state index contributed by atoms with van der Waals surface area (Å²) in [6.45, 7) is 3.91. The lowest BCUT2D eigenvalue weighted by molar-refractivity contribution is 0.0943. The van der Waals surface area contributed by atoms with Gasteiger partial charge in [0.2, 0.25) is 0 Å². The number of benzene rings is 1. The van der Waals surface area contributed by atoms with Crippen molar-refractivity contribution in [3.05, 3.63) is 66.0 Å². The number of carbonyl (C=O) groups excluding carboxylic acids is 1. The fraction of sp³-hybridized carbons (Fsp3) is 0.429.